The normalized spacial score (nSPS) is 11.5. The molecule has 0 N–H and O–H groups in total. The molecule has 112 valence electrons. The van der Waals surface area contributed by atoms with E-state index in [0.717, 1.165) is 10.4 Å². The predicted molar refractivity (Wildman–Crippen MR) is 86.2 cm³/mol. The third-order valence-corrected chi connectivity index (χ3v) is 5.92. The van der Waals surface area contributed by atoms with Crippen molar-refractivity contribution in [3.8, 4) is 0 Å². The molecule has 0 saturated heterocycles. The van der Waals surface area contributed by atoms with Gasteiger partial charge in [0.25, 0.3) is 10.0 Å². The van der Waals surface area contributed by atoms with Crippen molar-refractivity contribution in [2.75, 3.05) is 11.4 Å². The van der Waals surface area contributed by atoms with Crippen LogP contribution >= 0.6 is 39.1 Å². The molecule has 0 aliphatic rings. The molecule has 0 bridgehead atoms. The van der Waals surface area contributed by atoms with Gasteiger partial charge in [-0.1, -0.05) is 45.2 Å². The molecule has 0 aromatic heterocycles. The molecule has 0 heterocycles. The molecular weight excluding hydrogens is 404 g/mol. The minimum Gasteiger partial charge on any atom is -0.269 e. The lowest BCUT2D eigenvalue weighted by atomic mass is 10.3. The zero-order valence-electron chi connectivity index (χ0n) is 10.6. The van der Waals surface area contributed by atoms with E-state index in [0.29, 0.717) is 4.47 Å². The predicted octanol–water partition coefficient (Wildman–Crippen LogP) is 4.72. The first-order valence-electron chi connectivity index (χ1n) is 5.62. The van der Waals surface area contributed by atoms with Gasteiger partial charge in [0.05, 0.1) is 15.7 Å². The molecule has 21 heavy (non-hydrogen) atoms. The fourth-order valence-corrected chi connectivity index (χ4v) is 4.79. The van der Waals surface area contributed by atoms with Crippen molar-refractivity contribution in [1.82, 2.24) is 0 Å². The number of nitrogens with zero attached hydrogens (tertiary/aromatic N) is 1. The van der Waals surface area contributed by atoms with Gasteiger partial charge in [0.2, 0.25) is 0 Å². The second kappa shape index (κ2) is 6.12. The minimum atomic E-state index is -4.00. The van der Waals surface area contributed by atoms with Crippen molar-refractivity contribution in [1.29, 1.82) is 0 Å². The van der Waals surface area contributed by atoms with Gasteiger partial charge in [-0.2, -0.15) is 0 Å². The summed E-state index contributed by atoms with van der Waals surface area (Å²) in [5, 5.41) is -0.0322. The molecule has 0 amide bonds. The molecule has 0 aliphatic heterocycles. The molecule has 0 radical (unpaired) electrons. The van der Waals surface area contributed by atoms with E-state index >= 15 is 0 Å². The quantitative estimate of drug-likeness (QED) is 0.731. The van der Waals surface area contributed by atoms with Gasteiger partial charge in [0.15, 0.2) is 0 Å². The molecular formula is C13H9BrCl2FNO2S. The summed E-state index contributed by atoms with van der Waals surface area (Å²) in [4.78, 5) is -0.221. The Kier molecular flexibility index (Phi) is 4.82. The van der Waals surface area contributed by atoms with Crippen LogP contribution in [0.3, 0.4) is 0 Å². The van der Waals surface area contributed by atoms with E-state index in [-0.39, 0.29) is 20.6 Å². The highest BCUT2D eigenvalue weighted by Gasteiger charge is 2.27. The van der Waals surface area contributed by atoms with E-state index in [1.807, 2.05) is 0 Å². The molecule has 0 fully saturated rings. The van der Waals surface area contributed by atoms with Crippen LogP contribution in [-0.4, -0.2) is 15.5 Å². The first-order chi connectivity index (χ1) is 9.73. The van der Waals surface area contributed by atoms with Crippen molar-refractivity contribution in [2.45, 2.75) is 4.90 Å². The second-order valence-electron chi connectivity index (χ2n) is 4.15. The smallest absolute Gasteiger partial charge is 0.267 e. The summed E-state index contributed by atoms with van der Waals surface area (Å²) >= 11 is 15.2. The molecule has 0 saturated carbocycles. The van der Waals surface area contributed by atoms with Crippen LogP contribution in [-0.2, 0) is 10.0 Å². The Bertz CT molecular complexity index is 776. The maximum absolute atomic E-state index is 13.2. The number of anilines is 1. The maximum atomic E-state index is 13.2. The van der Waals surface area contributed by atoms with Crippen LogP contribution in [0.15, 0.2) is 45.8 Å². The van der Waals surface area contributed by atoms with Crippen molar-refractivity contribution in [3.63, 3.8) is 0 Å². The third-order valence-electron chi connectivity index (χ3n) is 2.75. The van der Waals surface area contributed by atoms with Crippen LogP contribution in [0.25, 0.3) is 0 Å². The lowest BCUT2D eigenvalue weighted by Gasteiger charge is -2.21. The van der Waals surface area contributed by atoms with Crippen LogP contribution in [0.1, 0.15) is 0 Å². The standard InChI is InChI=1S/C13H9BrCl2FNO2S/c1-18(10-4-2-3-9(17)7-10)21(19,20)13-11(15)5-8(14)6-12(13)16/h2-7H,1H3. The first-order valence-corrected chi connectivity index (χ1v) is 8.61. The van der Waals surface area contributed by atoms with Crippen LogP contribution in [0.4, 0.5) is 10.1 Å². The molecule has 8 heteroatoms. The molecule has 2 rings (SSSR count). The van der Waals surface area contributed by atoms with Gasteiger partial charge in [-0.25, -0.2) is 12.8 Å². The monoisotopic (exact) mass is 411 g/mol. The Labute approximate surface area is 140 Å². The van der Waals surface area contributed by atoms with Gasteiger partial charge in [-0.15, -0.1) is 0 Å². The Morgan fingerprint density at radius 2 is 1.71 bits per heavy atom. The summed E-state index contributed by atoms with van der Waals surface area (Å²) in [5.74, 6) is -0.539. The van der Waals surface area contributed by atoms with Gasteiger partial charge in [0, 0.05) is 11.5 Å². The lowest BCUT2D eigenvalue weighted by molar-refractivity contribution is 0.594. The number of hydrogen-bond donors (Lipinski definition) is 0. The largest absolute Gasteiger partial charge is 0.269 e. The zero-order chi connectivity index (χ0) is 15.8. The molecule has 0 spiro atoms. The zero-order valence-corrected chi connectivity index (χ0v) is 14.6. The highest BCUT2D eigenvalue weighted by atomic mass is 79.9. The highest BCUT2D eigenvalue weighted by molar-refractivity contribution is 9.10. The van der Waals surface area contributed by atoms with Crippen LogP contribution < -0.4 is 4.31 Å². The lowest BCUT2D eigenvalue weighted by Crippen LogP contribution is -2.27. The Morgan fingerprint density at radius 1 is 1.14 bits per heavy atom. The average Bonchev–Trinajstić information content (AvgIpc) is 2.36. The van der Waals surface area contributed by atoms with E-state index in [1.165, 1.54) is 37.4 Å². The maximum Gasteiger partial charge on any atom is 0.267 e. The Morgan fingerprint density at radius 3 is 2.24 bits per heavy atom. The van der Waals surface area contributed by atoms with Crippen molar-refractivity contribution in [3.05, 3.63) is 56.7 Å². The van der Waals surface area contributed by atoms with Crippen LogP contribution in [0.2, 0.25) is 10.0 Å². The van der Waals surface area contributed by atoms with E-state index in [2.05, 4.69) is 15.9 Å². The summed E-state index contributed by atoms with van der Waals surface area (Å²) in [7, 11) is -2.70. The van der Waals surface area contributed by atoms with E-state index in [9.17, 15) is 12.8 Å². The van der Waals surface area contributed by atoms with Crippen molar-refractivity contribution < 1.29 is 12.8 Å². The summed E-state index contributed by atoms with van der Waals surface area (Å²) < 4.78 is 40.0. The van der Waals surface area contributed by atoms with Gasteiger partial charge in [-0.05, 0) is 30.3 Å². The van der Waals surface area contributed by atoms with E-state index in [4.69, 9.17) is 23.2 Å². The minimum absolute atomic E-state index is 0.0161. The van der Waals surface area contributed by atoms with Gasteiger partial charge in [0.1, 0.15) is 10.7 Å². The van der Waals surface area contributed by atoms with Crippen LogP contribution in [0, 0.1) is 5.82 Å². The molecule has 3 nitrogen and oxygen atoms in total. The van der Waals surface area contributed by atoms with Gasteiger partial charge < -0.3 is 0 Å². The number of rotatable bonds is 3. The summed E-state index contributed by atoms with van der Waals surface area (Å²) in [6.45, 7) is 0. The SMILES string of the molecule is CN(c1cccc(F)c1)S(=O)(=O)c1c(Cl)cc(Br)cc1Cl. The number of hydrogen-bond acceptors (Lipinski definition) is 2. The summed E-state index contributed by atoms with van der Waals surface area (Å²) in [5.41, 5.74) is 0.171. The number of halogens is 4. The number of sulfonamides is 1. The molecule has 2 aromatic rings. The second-order valence-corrected chi connectivity index (χ2v) is 7.79. The Hall–Kier alpha value is -0.820. The summed E-state index contributed by atoms with van der Waals surface area (Å²) in [6.07, 6.45) is 0. The molecule has 0 atom stereocenters. The third kappa shape index (κ3) is 3.34. The molecule has 0 unspecified atom stereocenters. The highest BCUT2D eigenvalue weighted by Crippen LogP contribution is 2.35. The average molecular weight is 413 g/mol. The van der Waals surface area contributed by atoms with Gasteiger partial charge in [-0.3, -0.25) is 4.31 Å². The van der Waals surface area contributed by atoms with Crippen molar-refractivity contribution in [2.24, 2.45) is 0 Å². The fraction of sp³-hybridized carbons (Fsp3) is 0.0769. The number of benzene rings is 2. The fourth-order valence-electron chi connectivity index (χ4n) is 1.72. The van der Waals surface area contributed by atoms with Crippen LogP contribution in [0.5, 0.6) is 0 Å². The van der Waals surface area contributed by atoms with E-state index < -0.39 is 15.8 Å². The van der Waals surface area contributed by atoms with Crippen molar-refractivity contribution >= 4 is 54.8 Å². The Balaban J connectivity index is 2.57. The van der Waals surface area contributed by atoms with E-state index in [1.54, 1.807) is 0 Å². The molecule has 2 aromatic carbocycles. The first kappa shape index (κ1) is 16.5. The van der Waals surface area contributed by atoms with Gasteiger partial charge >= 0.3 is 0 Å². The summed E-state index contributed by atoms with van der Waals surface area (Å²) in [6, 6.07) is 8.09. The molecule has 0 aliphatic carbocycles. The topological polar surface area (TPSA) is 37.4 Å².